The van der Waals surface area contributed by atoms with Crippen LogP contribution in [0.1, 0.15) is 42.4 Å². The van der Waals surface area contributed by atoms with Gasteiger partial charge in [0.25, 0.3) is 0 Å². The number of anilines is 2. The van der Waals surface area contributed by atoms with E-state index >= 15 is 4.79 Å². The van der Waals surface area contributed by atoms with Crippen LogP contribution in [-0.2, 0) is 26.2 Å². The highest BCUT2D eigenvalue weighted by Crippen LogP contribution is 2.65. The van der Waals surface area contributed by atoms with Gasteiger partial charge in [0.05, 0.1) is 40.8 Å². The van der Waals surface area contributed by atoms with Gasteiger partial charge >= 0.3 is 0 Å². The zero-order valence-electron chi connectivity index (χ0n) is 30.6. The van der Waals surface area contributed by atoms with Crippen molar-refractivity contribution in [3.8, 4) is 22.1 Å². The van der Waals surface area contributed by atoms with E-state index in [9.17, 15) is 19.5 Å². The number of thiophene rings is 1. The van der Waals surface area contributed by atoms with Gasteiger partial charge in [-0.1, -0.05) is 54.1 Å². The van der Waals surface area contributed by atoms with E-state index in [2.05, 4.69) is 6.58 Å². The number of halogens is 1. The second kappa shape index (κ2) is 12.5. The van der Waals surface area contributed by atoms with Crippen LogP contribution in [0.25, 0.3) is 26.7 Å². The van der Waals surface area contributed by atoms with E-state index in [0.29, 0.717) is 33.5 Å². The van der Waals surface area contributed by atoms with Crippen LogP contribution in [0, 0.1) is 36.0 Å². The predicted octanol–water partition coefficient (Wildman–Crippen LogP) is 8.06. The molecule has 5 aromatic rings. The van der Waals surface area contributed by atoms with Crippen LogP contribution in [0.3, 0.4) is 0 Å². The van der Waals surface area contributed by atoms with Crippen LogP contribution in [0.2, 0.25) is 5.02 Å². The summed E-state index contributed by atoms with van der Waals surface area (Å²) >= 11 is 7.88. The molecule has 3 fully saturated rings. The van der Waals surface area contributed by atoms with Crippen LogP contribution in [0.5, 0.6) is 11.5 Å². The molecular formula is C43H37ClN4O6S. The van der Waals surface area contributed by atoms with E-state index in [0.717, 1.165) is 31.7 Å². The fraction of sp³-hybridized carbons (Fsp3) is 0.279. The maximum Gasteiger partial charge on any atom is 0.242 e. The smallest absolute Gasteiger partial charge is 0.242 e. The quantitative estimate of drug-likeness (QED) is 0.137. The SMILES string of the molecule is C=Cc1ccc(N2C(=O)C3CC=C4C(CC5C(=O)N(c6cc(-c7sc8ccc(Cl)cc8c7C)nn6C)C(=O)C5(C)C4c4c(O)cccc4OC)C3C2=O)cc1. The number of amides is 4. The maximum absolute atomic E-state index is 15.2. The van der Waals surface area contributed by atoms with Crippen LogP contribution >= 0.6 is 22.9 Å². The Morgan fingerprint density at radius 3 is 2.49 bits per heavy atom. The third-order valence-electron chi connectivity index (χ3n) is 12.4. The van der Waals surface area contributed by atoms with Gasteiger partial charge in [-0.15, -0.1) is 11.3 Å². The molecule has 55 heavy (non-hydrogen) atoms. The predicted molar refractivity (Wildman–Crippen MR) is 212 cm³/mol. The number of allylic oxidation sites excluding steroid dienone is 2. The Labute approximate surface area is 326 Å². The van der Waals surface area contributed by atoms with Crippen molar-refractivity contribution in [2.24, 2.45) is 36.1 Å². The molecule has 3 aromatic carbocycles. The minimum atomic E-state index is -1.39. The summed E-state index contributed by atoms with van der Waals surface area (Å²) < 4.78 is 8.39. The molecule has 12 heteroatoms. The van der Waals surface area contributed by atoms with Crippen LogP contribution < -0.4 is 14.5 Å². The van der Waals surface area contributed by atoms with Gasteiger partial charge in [-0.2, -0.15) is 5.10 Å². The lowest BCUT2D eigenvalue weighted by atomic mass is 9.51. The number of aromatic hydroxyl groups is 1. The summed E-state index contributed by atoms with van der Waals surface area (Å²) in [6.07, 6.45) is 4.08. The van der Waals surface area contributed by atoms with Crippen molar-refractivity contribution in [1.82, 2.24) is 9.78 Å². The molecule has 4 heterocycles. The number of imide groups is 2. The second-order valence-corrected chi connectivity index (χ2v) is 16.6. The minimum absolute atomic E-state index is 0.0902. The lowest BCUT2D eigenvalue weighted by molar-refractivity contribution is -0.131. The molecule has 0 spiro atoms. The number of phenols is 1. The summed E-state index contributed by atoms with van der Waals surface area (Å²) in [7, 11) is 3.20. The molecule has 0 bridgehead atoms. The van der Waals surface area contributed by atoms with Gasteiger partial charge in [-0.3, -0.25) is 28.8 Å². The first-order chi connectivity index (χ1) is 26.4. The summed E-state index contributed by atoms with van der Waals surface area (Å²) in [5, 5.41) is 18.0. The van der Waals surface area contributed by atoms with Crippen molar-refractivity contribution in [3.63, 3.8) is 0 Å². The number of carbonyl (C=O) groups excluding carboxylic acids is 4. The number of nitrogens with zero attached hydrogens (tertiary/aromatic N) is 4. The summed E-state index contributed by atoms with van der Waals surface area (Å²) in [6.45, 7) is 7.58. The van der Waals surface area contributed by atoms with Gasteiger partial charge in [-0.25, -0.2) is 4.90 Å². The average Bonchev–Trinajstić information content (AvgIpc) is 3.85. The van der Waals surface area contributed by atoms with Gasteiger partial charge in [-0.05, 0) is 91.6 Å². The molecular weight excluding hydrogens is 736 g/mol. The maximum atomic E-state index is 15.2. The molecule has 2 saturated heterocycles. The summed E-state index contributed by atoms with van der Waals surface area (Å²) in [5.74, 6) is -4.62. The lowest BCUT2D eigenvalue weighted by Gasteiger charge is -2.49. The molecule has 6 unspecified atom stereocenters. The van der Waals surface area contributed by atoms with Crippen molar-refractivity contribution in [1.29, 1.82) is 0 Å². The molecule has 0 radical (unpaired) electrons. The van der Waals surface area contributed by atoms with Crippen molar-refractivity contribution in [2.45, 2.75) is 32.6 Å². The number of phenolic OH excluding ortho intramolecular Hbond substituents is 1. The standard InChI is InChI=1S/C43H37ClN4O6S/c1-6-22-10-13-24(14-11-22)47-39(50)26-16-15-25-28(35(26)41(47)52)19-29-40(51)48(42(53)43(29,3)37(25)36-31(49)8-7-9-32(36)54-5)34-20-30(45-46(34)4)38-21(2)27-18-23(44)12-17-33(27)55-38/h6-15,17-18,20,26,28-29,35,37,49H,1,16,19H2,2-5H3. The van der Waals surface area contributed by atoms with E-state index in [4.69, 9.17) is 21.4 Å². The highest BCUT2D eigenvalue weighted by molar-refractivity contribution is 7.22. The third kappa shape index (κ3) is 4.88. The largest absolute Gasteiger partial charge is 0.508 e. The Kier molecular flexibility index (Phi) is 8.00. The van der Waals surface area contributed by atoms with E-state index in [1.165, 1.54) is 23.0 Å². The third-order valence-corrected chi connectivity index (χ3v) is 14.0. The first kappa shape index (κ1) is 35.2. The first-order valence-electron chi connectivity index (χ1n) is 18.2. The number of aryl methyl sites for hydroxylation is 2. The van der Waals surface area contributed by atoms with Gasteiger partial charge in [0.1, 0.15) is 23.0 Å². The van der Waals surface area contributed by atoms with E-state index in [-0.39, 0.29) is 30.4 Å². The molecule has 4 aliphatic rings. The van der Waals surface area contributed by atoms with Gasteiger partial charge in [0, 0.05) is 34.3 Å². The van der Waals surface area contributed by atoms with Crippen LogP contribution in [0.15, 0.2) is 85.0 Å². The highest BCUT2D eigenvalue weighted by Gasteiger charge is 2.68. The minimum Gasteiger partial charge on any atom is -0.508 e. The molecule has 6 atom stereocenters. The van der Waals surface area contributed by atoms with E-state index in [1.54, 1.807) is 78.5 Å². The topological polar surface area (TPSA) is 122 Å². The van der Waals surface area contributed by atoms with E-state index < -0.39 is 46.8 Å². The molecule has 2 aliphatic heterocycles. The molecule has 1 N–H and O–H groups in total. The molecule has 4 amide bonds. The van der Waals surface area contributed by atoms with Gasteiger partial charge in [0.15, 0.2) is 0 Å². The van der Waals surface area contributed by atoms with Gasteiger partial charge < -0.3 is 9.84 Å². The monoisotopic (exact) mass is 772 g/mol. The fourth-order valence-corrected chi connectivity index (χ4v) is 11.1. The molecule has 9 rings (SSSR count). The molecule has 2 aliphatic carbocycles. The number of hydrogen-bond donors (Lipinski definition) is 1. The van der Waals surface area contributed by atoms with Crippen molar-refractivity contribution < 1.29 is 29.0 Å². The fourth-order valence-electron chi connectivity index (χ4n) is 9.77. The van der Waals surface area contributed by atoms with Crippen LogP contribution in [-0.4, -0.2) is 45.6 Å². The molecule has 278 valence electrons. The van der Waals surface area contributed by atoms with Crippen molar-refractivity contribution in [2.75, 3.05) is 16.9 Å². The number of methoxy groups -OCH3 is 1. The van der Waals surface area contributed by atoms with Crippen molar-refractivity contribution >= 4 is 74.2 Å². The Morgan fingerprint density at radius 2 is 1.76 bits per heavy atom. The number of benzene rings is 3. The normalized spacial score (nSPS) is 26.0. The average molecular weight is 773 g/mol. The zero-order chi connectivity index (χ0) is 38.7. The number of fused-ring (bicyclic) bond motifs is 5. The van der Waals surface area contributed by atoms with E-state index in [1.807, 2.05) is 31.2 Å². The van der Waals surface area contributed by atoms with Crippen LogP contribution in [0.4, 0.5) is 11.5 Å². The summed E-state index contributed by atoms with van der Waals surface area (Å²) in [6, 6.07) is 19.5. The number of ether oxygens (including phenoxy) is 1. The second-order valence-electron chi connectivity index (χ2n) is 15.1. The van der Waals surface area contributed by atoms with Gasteiger partial charge in [0.2, 0.25) is 23.6 Å². The molecule has 2 aromatic heterocycles. The number of hydrogen-bond acceptors (Lipinski definition) is 8. The zero-order valence-corrected chi connectivity index (χ0v) is 32.1. The molecule has 10 nitrogen and oxygen atoms in total. The van der Waals surface area contributed by atoms with Crippen molar-refractivity contribution in [3.05, 3.63) is 107 Å². The summed E-state index contributed by atoms with van der Waals surface area (Å²) in [5.41, 5.74) is 2.66. The lowest BCUT2D eigenvalue weighted by Crippen LogP contribution is -2.49. The molecule has 1 saturated carbocycles. The number of carbonyl (C=O) groups is 4. The summed E-state index contributed by atoms with van der Waals surface area (Å²) in [4.78, 5) is 62.0. The number of rotatable bonds is 6. The highest BCUT2D eigenvalue weighted by atomic mass is 35.5. The first-order valence-corrected chi connectivity index (χ1v) is 19.4. The Morgan fingerprint density at radius 1 is 1.00 bits per heavy atom. The Hall–Kier alpha value is -5.52. The Balaban J connectivity index is 1.17. The Bertz CT molecular complexity index is 2550. The number of aromatic nitrogens is 2.